The molecule has 10 heteroatoms. The lowest BCUT2D eigenvalue weighted by Gasteiger charge is -2.36. The first-order valence-corrected chi connectivity index (χ1v) is 11.1. The molecular weight excluding hydrogens is 443 g/mol. The first-order valence-electron chi connectivity index (χ1n) is 10.2. The quantitative estimate of drug-likeness (QED) is 0.692. The first-order chi connectivity index (χ1) is 15.1. The van der Waals surface area contributed by atoms with Crippen LogP contribution in [-0.2, 0) is 27.7 Å². The van der Waals surface area contributed by atoms with E-state index in [1.807, 2.05) is 18.4 Å². The number of urea groups is 1. The monoisotopic (exact) mass is 465 g/mol. The van der Waals surface area contributed by atoms with Crippen molar-refractivity contribution in [2.24, 2.45) is 0 Å². The number of benzene rings is 1. The van der Waals surface area contributed by atoms with Crippen LogP contribution in [0.1, 0.15) is 47.9 Å². The molecule has 4 rings (SSSR count). The number of imide groups is 1. The Balaban J connectivity index is 1.55. The zero-order chi connectivity index (χ0) is 23.3. The molecule has 1 aromatic heterocycles. The average Bonchev–Trinajstić information content (AvgIpc) is 3.31. The standard InChI is InChI=1S/C22H22F3N3O3S/c1-3-16-15-8-10-32-17(15)7-9-27(16)18(29)12-28-19(30)21(2,26-20(28)31)13-5-4-6-14(11-13)22(23,24)25/h4-6,8,10-11,16H,3,7,9,12H2,1-2H3,(H,26,31). The van der Waals surface area contributed by atoms with Crippen LogP contribution >= 0.6 is 11.3 Å². The molecule has 1 N–H and O–H groups in total. The largest absolute Gasteiger partial charge is 0.416 e. The number of hydrogen-bond acceptors (Lipinski definition) is 4. The fraction of sp³-hybridized carbons (Fsp3) is 0.409. The second-order valence-corrected chi connectivity index (χ2v) is 9.09. The van der Waals surface area contributed by atoms with Gasteiger partial charge in [-0.3, -0.25) is 14.5 Å². The Labute approximate surface area is 187 Å². The van der Waals surface area contributed by atoms with Crippen LogP contribution in [0.3, 0.4) is 0 Å². The van der Waals surface area contributed by atoms with Crippen LogP contribution in [0.4, 0.5) is 18.0 Å². The number of alkyl halides is 3. The van der Waals surface area contributed by atoms with Gasteiger partial charge >= 0.3 is 12.2 Å². The highest BCUT2D eigenvalue weighted by Gasteiger charge is 2.50. The molecule has 0 spiro atoms. The summed E-state index contributed by atoms with van der Waals surface area (Å²) in [6.07, 6.45) is -3.19. The maximum atomic E-state index is 13.1. The van der Waals surface area contributed by atoms with Crippen molar-refractivity contribution in [1.29, 1.82) is 0 Å². The van der Waals surface area contributed by atoms with Crippen molar-refractivity contribution in [2.45, 2.75) is 44.4 Å². The summed E-state index contributed by atoms with van der Waals surface area (Å²) in [6, 6.07) is 5.35. The fourth-order valence-electron chi connectivity index (χ4n) is 4.40. The lowest BCUT2D eigenvalue weighted by Crippen LogP contribution is -2.47. The van der Waals surface area contributed by atoms with Gasteiger partial charge in [0.15, 0.2) is 0 Å². The number of halogens is 3. The molecule has 2 aromatic rings. The molecule has 32 heavy (non-hydrogen) atoms. The van der Waals surface area contributed by atoms with E-state index in [0.29, 0.717) is 19.4 Å². The Hall–Kier alpha value is -2.88. The van der Waals surface area contributed by atoms with Crippen LogP contribution in [0.2, 0.25) is 0 Å². The van der Waals surface area contributed by atoms with Crippen LogP contribution in [0.15, 0.2) is 35.7 Å². The number of thiophene rings is 1. The van der Waals surface area contributed by atoms with Crippen molar-refractivity contribution >= 4 is 29.2 Å². The third-order valence-corrected chi connectivity index (χ3v) is 7.13. The van der Waals surface area contributed by atoms with Crippen LogP contribution in [-0.4, -0.2) is 40.7 Å². The van der Waals surface area contributed by atoms with E-state index in [9.17, 15) is 27.6 Å². The summed E-state index contributed by atoms with van der Waals surface area (Å²) >= 11 is 1.65. The first kappa shape index (κ1) is 22.3. The van der Waals surface area contributed by atoms with Crippen molar-refractivity contribution in [2.75, 3.05) is 13.1 Å². The van der Waals surface area contributed by atoms with Gasteiger partial charge in [0.1, 0.15) is 12.1 Å². The van der Waals surface area contributed by atoms with Crippen LogP contribution < -0.4 is 5.32 Å². The van der Waals surface area contributed by atoms with E-state index >= 15 is 0 Å². The summed E-state index contributed by atoms with van der Waals surface area (Å²) < 4.78 is 39.4. The van der Waals surface area contributed by atoms with Gasteiger partial charge in [-0.25, -0.2) is 4.79 Å². The van der Waals surface area contributed by atoms with Gasteiger partial charge in [-0.2, -0.15) is 13.2 Å². The second kappa shape index (κ2) is 7.91. The van der Waals surface area contributed by atoms with Crippen LogP contribution in [0.25, 0.3) is 0 Å². The average molecular weight is 465 g/mol. The highest BCUT2D eigenvalue weighted by Crippen LogP contribution is 2.37. The smallest absolute Gasteiger partial charge is 0.334 e. The van der Waals surface area contributed by atoms with E-state index in [1.54, 1.807) is 16.2 Å². The minimum atomic E-state index is -4.59. The molecule has 1 saturated heterocycles. The molecule has 0 aliphatic carbocycles. The summed E-state index contributed by atoms with van der Waals surface area (Å²) in [4.78, 5) is 42.5. The summed E-state index contributed by atoms with van der Waals surface area (Å²) in [7, 11) is 0. The lowest BCUT2D eigenvalue weighted by atomic mass is 9.90. The molecule has 2 aliphatic rings. The van der Waals surface area contributed by atoms with Gasteiger partial charge in [0.2, 0.25) is 5.91 Å². The Bertz CT molecular complexity index is 1080. The Kier molecular flexibility index (Phi) is 5.52. The van der Waals surface area contributed by atoms with Crippen molar-refractivity contribution in [3.05, 3.63) is 57.3 Å². The molecule has 1 aromatic carbocycles. The topological polar surface area (TPSA) is 69.7 Å². The number of fused-ring (bicyclic) bond motifs is 1. The number of carbonyl (C=O) groups is 3. The molecule has 1 fully saturated rings. The number of hydrogen-bond donors (Lipinski definition) is 1. The van der Waals surface area contributed by atoms with Gasteiger partial charge < -0.3 is 10.2 Å². The molecule has 0 saturated carbocycles. The van der Waals surface area contributed by atoms with E-state index in [0.717, 1.165) is 22.6 Å². The SMILES string of the molecule is CCC1c2ccsc2CCN1C(=O)CN1C(=O)NC(C)(c2cccc(C(F)(F)F)c2)C1=O. The van der Waals surface area contributed by atoms with Crippen molar-refractivity contribution in [3.63, 3.8) is 0 Å². The minimum Gasteiger partial charge on any atom is -0.334 e. The molecule has 2 unspecified atom stereocenters. The summed E-state index contributed by atoms with van der Waals surface area (Å²) in [5.41, 5.74) is -1.51. The second-order valence-electron chi connectivity index (χ2n) is 8.09. The number of nitrogens with zero attached hydrogens (tertiary/aromatic N) is 2. The maximum Gasteiger partial charge on any atom is 0.416 e. The molecular formula is C22H22F3N3O3S. The third kappa shape index (κ3) is 3.66. The normalized spacial score (nSPS) is 23.3. The molecule has 3 heterocycles. The van der Waals surface area contributed by atoms with E-state index in [4.69, 9.17) is 0 Å². The predicted molar refractivity (Wildman–Crippen MR) is 112 cm³/mol. The van der Waals surface area contributed by atoms with E-state index in [2.05, 4.69) is 5.32 Å². The molecule has 0 bridgehead atoms. The minimum absolute atomic E-state index is 0.00736. The Morgan fingerprint density at radius 3 is 2.72 bits per heavy atom. The van der Waals surface area contributed by atoms with Gasteiger partial charge in [0, 0.05) is 11.4 Å². The number of nitrogens with one attached hydrogen (secondary N) is 1. The van der Waals surface area contributed by atoms with E-state index in [-0.39, 0.29) is 17.5 Å². The van der Waals surface area contributed by atoms with Gasteiger partial charge in [-0.15, -0.1) is 11.3 Å². The van der Waals surface area contributed by atoms with Gasteiger partial charge in [0.05, 0.1) is 11.6 Å². The maximum absolute atomic E-state index is 13.1. The van der Waals surface area contributed by atoms with Gasteiger partial charge in [-0.05, 0) is 54.5 Å². The van der Waals surface area contributed by atoms with E-state index < -0.39 is 35.8 Å². The zero-order valence-electron chi connectivity index (χ0n) is 17.5. The molecule has 2 aliphatic heterocycles. The van der Waals surface area contributed by atoms with Gasteiger partial charge in [0.25, 0.3) is 5.91 Å². The predicted octanol–water partition coefficient (Wildman–Crippen LogP) is 4.07. The number of rotatable bonds is 4. The molecule has 170 valence electrons. The van der Waals surface area contributed by atoms with Crippen LogP contribution in [0, 0.1) is 0 Å². The molecule has 2 atom stereocenters. The number of carbonyl (C=O) groups excluding carboxylic acids is 3. The van der Waals surface area contributed by atoms with Crippen molar-refractivity contribution in [3.8, 4) is 0 Å². The third-order valence-electron chi connectivity index (χ3n) is 6.14. The van der Waals surface area contributed by atoms with Gasteiger partial charge in [-0.1, -0.05) is 19.1 Å². The number of amides is 4. The summed E-state index contributed by atoms with van der Waals surface area (Å²) in [6.45, 7) is 3.34. The fourth-order valence-corrected chi connectivity index (χ4v) is 5.33. The van der Waals surface area contributed by atoms with Crippen molar-refractivity contribution < 1.29 is 27.6 Å². The van der Waals surface area contributed by atoms with E-state index in [1.165, 1.54) is 23.9 Å². The highest BCUT2D eigenvalue weighted by molar-refractivity contribution is 7.10. The highest BCUT2D eigenvalue weighted by atomic mass is 32.1. The van der Waals surface area contributed by atoms with Crippen molar-refractivity contribution in [1.82, 2.24) is 15.1 Å². The van der Waals surface area contributed by atoms with Crippen LogP contribution in [0.5, 0.6) is 0 Å². The lowest BCUT2D eigenvalue weighted by molar-refractivity contribution is -0.140. The Morgan fingerprint density at radius 1 is 1.28 bits per heavy atom. The molecule has 0 radical (unpaired) electrons. The Morgan fingerprint density at radius 2 is 2.03 bits per heavy atom. The molecule has 4 amide bonds. The zero-order valence-corrected chi connectivity index (χ0v) is 18.3. The summed E-state index contributed by atoms with van der Waals surface area (Å²) in [5.74, 6) is -1.12. The summed E-state index contributed by atoms with van der Waals surface area (Å²) in [5, 5.41) is 4.46. The molecule has 6 nitrogen and oxygen atoms in total.